The lowest BCUT2D eigenvalue weighted by atomic mass is 9.44. The van der Waals surface area contributed by atoms with Gasteiger partial charge in [-0.25, -0.2) is 13.8 Å². The normalized spacial score (nSPS) is 30.2. The van der Waals surface area contributed by atoms with Gasteiger partial charge in [-0.1, -0.05) is 0 Å². The smallest absolute Gasteiger partial charge is 0.376 e. The summed E-state index contributed by atoms with van der Waals surface area (Å²) in [6.45, 7) is -0.726. The van der Waals surface area contributed by atoms with Gasteiger partial charge in [0.2, 0.25) is 5.91 Å². The Hall–Kier alpha value is -2.53. The number of benzene rings is 1. The molecule has 1 N–H and O–H groups in total. The third-order valence-electron chi connectivity index (χ3n) is 6.90. The van der Waals surface area contributed by atoms with E-state index < -0.39 is 24.6 Å². The van der Waals surface area contributed by atoms with Crippen LogP contribution in [0.3, 0.4) is 0 Å². The average Bonchev–Trinajstić information content (AvgIpc) is 3.12. The summed E-state index contributed by atoms with van der Waals surface area (Å²) in [5, 5.41) is 3.12. The Morgan fingerprint density at radius 2 is 1.88 bits per heavy atom. The highest BCUT2D eigenvalue weighted by Gasteiger charge is 2.70. The van der Waals surface area contributed by atoms with Gasteiger partial charge in [0.05, 0.1) is 36.9 Å². The molecular formula is C22H22F5N3O3. The molecule has 1 aromatic carbocycles. The molecular weight excluding hydrogens is 449 g/mol. The summed E-state index contributed by atoms with van der Waals surface area (Å²) in [6, 6.07) is 3.67. The van der Waals surface area contributed by atoms with Crippen LogP contribution in [0.1, 0.15) is 32.1 Å². The number of carbonyl (C=O) groups excluding carboxylic acids is 1. The second-order valence-electron chi connectivity index (χ2n) is 9.27. The maximum Gasteiger partial charge on any atom is 0.522 e. The number of rotatable bonds is 8. The van der Waals surface area contributed by atoms with E-state index >= 15 is 0 Å². The van der Waals surface area contributed by atoms with Crippen LogP contribution in [-0.4, -0.2) is 46.7 Å². The van der Waals surface area contributed by atoms with Gasteiger partial charge in [0.15, 0.2) is 11.6 Å². The van der Waals surface area contributed by atoms with Crippen LogP contribution < -0.4 is 5.32 Å². The van der Waals surface area contributed by atoms with Gasteiger partial charge in [-0.3, -0.25) is 9.53 Å². The molecule has 4 aliphatic carbocycles. The maximum absolute atomic E-state index is 13.5. The largest absolute Gasteiger partial charge is 0.522 e. The van der Waals surface area contributed by atoms with Gasteiger partial charge in [0.1, 0.15) is 0 Å². The maximum atomic E-state index is 13.5. The monoisotopic (exact) mass is 471 g/mol. The first-order chi connectivity index (χ1) is 15.6. The number of nitrogens with zero attached hydrogens (tertiary/aromatic N) is 2. The first-order valence-electron chi connectivity index (χ1n) is 10.7. The predicted octanol–water partition coefficient (Wildman–Crippen LogP) is 3.91. The molecule has 6 nitrogen and oxygen atoms in total. The summed E-state index contributed by atoms with van der Waals surface area (Å²) in [7, 11) is 0. The molecule has 33 heavy (non-hydrogen) atoms. The van der Waals surface area contributed by atoms with E-state index in [2.05, 4.69) is 15.0 Å². The number of hydrogen-bond acceptors (Lipinski definition) is 4. The number of imidazole rings is 1. The Morgan fingerprint density at radius 3 is 2.55 bits per heavy atom. The highest BCUT2D eigenvalue weighted by molar-refractivity contribution is 5.81. The Kier molecular flexibility index (Phi) is 5.24. The molecule has 1 aromatic heterocycles. The van der Waals surface area contributed by atoms with Crippen molar-refractivity contribution in [2.45, 2.75) is 55.6 Å². The van der Waals surface area contributed by atoms with Crippen LogP contribution >= 0.6 is 0 Å². The second-order valence-corrected chi connectivity index (χ2v) is 9.27. The van der Waals surface area contributed by atoms with Crippen LogP contribution in [0.2, 0.25) is 0 Å². The van der Waals surface area contributed by atoms with E-state index in [1.807, 2.05) is 10.8 Å². The number of carbonyl (C=O) groups is 1. The van der Waals surface area contributed by atoms with Crippen LogP contribution in [-0.2, 0) is 19.8 Å². The second kappa shape index (κ2) is 7.76. The summed E-state index contributed by atoms with van der Waals surface area (Å²) in [5.74, 6) is -2.08. The third kappa shape index (κ3) is 4.23. The molecule has 11 heteroatoms. The van der Waals surface area contributed by atoms with Crippen LogP contribution in [0.4, 0.5) is 22.0 Å². The van der Waals surface area contributed by atoms with E-state index in [0.29, 0.717) is 24.1 Å². The van der Waals surface area contributed by atoms with Crippen molar-refractivity contribution in [1.82, 2.24) is 14.9 Å². The van der Waals surface area contributed by atoms with Crippen molar-refractivity contribution < 1.29 is 36.2 Å². The van der Waals surface area contributed by atoms with Gasteiger partial charge in [-0.2, -0.15) is 0 Å². The molecule has 2 aromatic rings. The molecule has 0 aliphatic heterocycles. The number of hydrogen-bond donors (Lipinski definition) is 1. The lowest BCUT2D eigenvalue weighted by Crippen LogP contribution is -2.79. The van der Waals surface area contributed by atoms with Crippen molar-refractivity contribution in [2.24, 2.45) is 5.92 Å². The molecule has 4 aliphatic rings. The fraction of sp³-hybridized carbons (Fsp3) is 0.545. The molecule has 178 valence electrons. The number of aromatic nitrogens is 2. The standard InChI is InChI=1S/C22H22F5N3O3/c23-16-2-1-13(7-17(16)24)18-8-30(12-28-18)21-9-20(10-21,11-21)29-19(31)14-5-15(6-14)32-3-4-33-22(25,26)27/h1-2,7-8,12,14-15H,3-6,9-11H2,(H,29,31)/t14-,15-,20?,21?. The van der Waals surface area contributed by atoms with Gasteiger partial charge in [-0.15, -0.1) is 13.2 Å². The molecule has 0 radical (unpaired) electrons. The van der Waals surface area contributed by atoms with Gasteiger partial charge < -0.3 is 14.6 Å². The fourth-order valence-corrected chi connectivity index (χ4v) is 5.18. The molecule has 2 bridgehead atoms. The van der Waals surface area contributed by atoms with E-state index in [0.717, 1.165) is 31.4 Å². The van der Waals surface area contributed by atoms with E-state index in [9.17, 15) is 26.7 Å². The number of halogens is 5. The Labute approximate surface area is 186 Å². The van der Waals surface area contributed by atoms with Crippen molar-refractivity contribution in [3.8, 4) is 11.3 Å². The highest BCUT2D eigenvalue weighted by atomic mass is 19.4. The highest BCUT2D eigenvalue weighted by Crippen LogP contribution is 2.65. The quantitative estimate of drug-likeness (QED) is 0.469. The Bertz CT molecular complexity index is 1040. The average molecular weight is 471 g/mol. The lowest BCUT2D eigenvalue weighted by Gasteiger charge is -2.70. The van der Waals surface area contributed by atoms with E-state index in [1.54, 1.807) is 6.33 Å². The molecule has 0 saturated heterocycles. The van der Waals surface area contributed by atoms with Crippen molar-refractivity contribution in [2.75, 3.05) is 13.2 Å². The summed E-state index contributed by atoms with van der Waals surface area (Å²) >= 11 is 0. The molecule has 0 atom stereocenters. The molecule has 4 saturated carbocycles. The first kappa shape index (κ1) is 22.3. The molecule has 4 fully saturated rings. The fourth-order valence-electron chi connectivity index (χ4n) is 5.18. The summed E-state index contributed by atoms with van der Waals surface area (Å²) in [5.41, 5.74) is 0.684. The van der Waals surface area contributed by atoms with Gasteiger partial charge in [0.25, 0.3) is 0 Å². The van der Waals surface area contributed by atoms with Crippen LogP contribution in [0.25, 0.3) is 11.3 Å². The summed E-state index contributed by atoms with van der Waals surface area (Å²) in [6.07, 6.45) is 1.87. The van der Waals surface area contributed by atoms with Crippen molar-refractivity contribution in [3.05, 3.63) is 42.4 Å². The molecule has 1 heterocycles. The zero-order valence-electron chi connectivity index (χ0n) is 17.5. The van der Waals surface area contributed by atoms with Crippen molar-refractivity contribution in [3.63, 3.8) is 0 Å². The summed E-state index contributed by atoms with van der Waals surface area (Å²) in [4.78, 5) is 16.8. The van der Waals surface area contributed by atoms with Crippen LogP contribution in [0.15, 0.2) is 30.7 Å². The number of nitrogens with one attached hydrogen (secondary N) is 1. The van der Waals surface area contributed by atoms with Crippen LogP contribution in [0, 0.1) is 17.6 Å². The molecule has 1 amide bonds. The van der Waals surface area contributed by atoms with Gasteiger partial charge >= 0.3 is 6.36 Å². The Morgan fingerprint density at radius 1 is 1.15 bits per heavy atom. The van der Waals surface area contributed by atoms with Gasteiger partial charge in [0, 0.05) is 23.2 Å². The van der Waals surface area contributed by atoms with E-state index in [4.69, 9.17) is 4.74 Å². The molecule has 0 spiro atoms. The van der Waals surface area contributed by atoms with Gasteiger partial charge in [-0.05, 0) is 50.3 Å². The van der Waals surface area contributed by atoms with Crippen molar-refractivity contribution >= 4 is 5.91 Å². The van der Waals surface area contributed by atoms with Crippen LogP contribution in [0.5, 0.6) is 0 Å². The van der Waals surface area contributed by atoms with E-state index in [1.165, 1.54) is 6.07 Å². The number of amides is 1. The SMILES string of the molecule is O=C(NC12CC(n3cnc(-c4ccc(F)c(F)c4)c3)(C1)C2)[C@H]1C[C@H](OCCOC(F)(F)F)C1. The third-order valence-corrected chi connectivity index (χ3v) is 6.90. The minimum atomic E-state index is -4.66. The van der Waals surface area contributed by atoms with Crippen molar-refractivity contribution in [1.29, 1.82) is 0 Å². The number of alkyl halides is 3. The molecule has 6 rings (SSSR count). The lowest BCUT2D eigenvalue weighted by molar-refractivity contribution is -0.328. The van der Waals surface area contributed by atoms with E-state index in [-0.39, 0.29) is 35.6 Å². The minimum Gasteiger partial charge on any atom is -0.376 e. The molecule has 0 unspecified atom stereocenters. The number of ether oxygens (including phenoxy) is 2. The predicted molar refractivity (Wildman–Crippen MR) is 105 cm³/mol. The zero-order valence-corrected chi connectivity index (χ0v) is 17.5. The summed E-state index contributed by atoms with van der Waals surface area (Å²) < 4.78 is 73.4. The minimum absolute atomic E-state index is 0.0530. The zero-order chi connectivity index (χ0) is 23.4. The Balaban J connectivity index is 1.07. The topological polar surface area (TPSA) is 65.4 Å². The first-order valence-corrected chi connectivity index (χ1v) is 10.7.